The van der Waals surface area contributed by atoms with Gasteiger partial charge in [-0.05, 0) is 49.0 Å². The summed E-state index contributed by atoms with van der Waals surface area (Å²) in [6, 6.07) is 8.38. The molecule has 8 N–H and O–H groups in total. The number of benzene rings is 2. The van der Waals surface area contributed by atoms with Gasteiger partial charge in [0.25, 0.3) is 5.91 Å². The lowest BCUT2D eigenvalue weighted by molar-refractivity contribution is -0.166. The monoisotopic (exact) mass is 562 g/mol. The minimum absolute atomic E-state index is 0.00655. The van der Waals surface area contributed by atoms with Crippen LogP contribution in [0.4, 0.5) is 0 Å². The summed E-state index contributed by atoms with van der Waals surface area (Å²) in [5.41, 5.74) is 1.38. The Kier molecular flexibility index (Phi) is 6.37. The first-order valence-electron chi connectivity index (χ1n) is 12.4. The number of phenols is 1. The Hall–Kier alpha value is -4.78. The van der Waals surface area contributed by atoms with Crippen molar-refractivity contribution in [3.8, 4) is 5.75 Å². The molecule has 1 saturated carbocycles. The number of likely N-dealkylation sites (N-methyl/N-ethyl adjacent to an activating group) is 1. The number of carbonyl (C=O) groups excluding carboxylic acids is 3. The van der Waals surface area contributed by atoms with Crippen LogP contribution in [0.3, 0.4) is 0 Å². The van der Waals surface area contributed by atoms with Gasteiger partial charge in [0.05, 0.1) is 34.8 Å². The minimum atomic E-state index is -3.04. The first kappa shape index (κ1) is 27.8. The molecule has 0 heterocycles. The van der Waals surface area contributed by atoms with Crippen LogP contribution in [0.25, 0.3) is 17.4 Å². The molecule has 0 spiro atoms. The van der Waals surface area contributed by atoms with Crippen molar-refractivity contribution in [2.75, 3.05) is 14.1 Å². The predicted molar refractivity (Wildman–Crippen MR) is 143 cm³/mol. The standard InChI is InChI=1S/C29H26N2O10/c1-31(2)21-20-23(34)17-14(10-11-6-8-12(9-7-11)28(39)40)13-4-3-5-15(32)16(13)22(33)18(17)25(36)29(20,41)26(37)19(24(21)35)27(30)38/h3-10,17,20-21,23,32-34,37,41H,1-2H3,(H2,30,38)(H,39,40)/b14-10+/t17-,20-,21+,23+,29+/m0/s1. The number of nitrogens with two attached hydrogens (primary N) is 1. The van der Waals surface area contributed by atoms with Gasteiger partial charge >= 0.3 is 5.97 Å². The molecular formula is C29H26N2O10. The van der Waals surface area contributed by atoms with Crippen LogP contribution < -0.4 is 5.73 Å². The predicted octanol–water partition coefficient (Wildman–Crippen LogP) is 0.631. The fourth-order valence-corrected chi connectivity index (χ4v) is 6.21. The van der Waals surface area contributed by atoms with Crippen molar-refractivity contribution >= 4 is 40.9 Å². The molecule has 0 saturated heterocycles. The van der Waals surface area contributed by atoms with E-state index in [1.54, 1.807) is 0 Å². The fraction of sp³-hybridized carbons (Fsp3) is 0.241. The van der Waals surface area contributed by atoms with Crippen molar-refractivity contribution in [3.63, 3.8) is 0 Å². The second kappa shape index (κ2) is 9.41. The largest absolute Gasteiger partial charge is 0.508 e. The van der Waals surface area contributed by atoms with E-state index in [1.165, 1.54) is 67.5 Å². The van der Waals surface area contributed by atoms with Crippen molar-refractivity contribution in [2.45, 2.75) is 17.7 Å². The average Bonchev–Trinajstić information content (AvgIpc) is 2.90. The third-order valence-electron chi connectivity index (χ3n) is 8.01. The minimum Gasteiger partial charge on any atom is -0.508 e. The molecule has 1 amide bonds. The van der Waals surface area contributed by atoms with Gasteiger partial charge in [-0.25, -0.2) is 4.79 Å². The highest BCUT2D eigenvalue weighted by atomic mass is 16.4. The Morgan fingerprint density at radius 2 is 1.66 bits per heavy atom. The Bertz CT molecular complexity index is 1640. The van der Waals surface area contributed by atoms with Gasteiger partial charge in [0, 0.05) is 5.92 Å². The highest BCUT2D eigenvalue weighted by Gasteiger charge is 2.68. The highest BCUT2D eigenvalue weighted by Crippen LogP contribution is 2.56. The zero-order valence-corrected chi connectivity index (χ0v) is 21.8. The van der Waals surface area contributed by atoms with Crippen molar-refractivity contribution in [1.29, 1.82) is 0 Å². The molecule has 0 unspecified atom stereocenters. The van der Waals surface area contributed by atoms with Crippen LogP contribution in [-0.2, 0) is 14.4 Å². The van der Waals surface area contributed by atoms with Crippen molar-refractivity contribution in [1.82, 2.24) is 4.90 Å². The maximum Gasteiger partial charge on any atom is 0.335 e. The molecule has 2 aromatic carbocycles. The van der Waals surface area contributed by atoms with Crippen LogP contribution in [-0.4, -0.2) is 90.8 Å². The van der Waals surface area contributed by atoms with Gasteiger partial charge in [0.1, 0.15) is 22.8 Å². The molecule has 12 nitrogen and oxygen atoms in total. The third-order valence-corrected chi connectivity index (χ3v) is 8.01. The lowest BCUT2D eigenvalue weighted by Gasteiger charge is -2.53. The van der Waals surface area contributed by atoms with Gasteiger partial charge in [-0.1, -0.05) is 30.3 Å². The van der Waals surface area contributed by atoms with Crippen LogP contribution in [0.2, 0.25) is 0 Å². The Morgan fingerprint density at radius 1 is 1.02 bits per heavy atom. The third kappa shape index (κ3) is 3.79. The quantitative estimate of drug-likeness (QED) is 0.256. The number of fused-ring (bicyclic) bond motifs is 3. The maximum absolute atomic E-state index is 14.1. The molecule has 41 heavy (non-hydrogen) atoms. The number of carboxylic acid groups (broad SMARTS) is 1. The molecule has 212 valence electrons. The number of aromatic carboxylic acids is 1. The second-order valence-corrected chi connectivity index (χ2v) is 10.4. The molecular weight excluding hydrogens is 536 g/mol. The van der Waals surface area contributed by atoms with Crippen molar-refractivity contribution < 1.29 is 49.8 Å². The Balaban J connectivity index is 1.83. The van der Waals surface area contributed by atoms with E-state index in [0.29, 0.717) is 5.56 Å². The molecule has 3 aliphatic rings. The van der Waals surface area contributed by atoms with E-state index < -0.39 is 81.4 Å². The van der Waals surface area contributed by atoms with Crippen LogP contribution in [0.5, 0.6) is 5.75 Å². The molecule has 2 aromatic rings. The number of aliphatic hydroxyl groups is 4. The molecule has 5 atom stereocenters. The smallest absolute Gasteiger partial charge is 0.335 e. The number of aromatic hydroxyl groups is 1. The summed E-state index contributed by atoms with van der Waals surface area (Å²) in [7, 11) is 2.83. The number of phenolic OH excluding ortho intramolecular Hbond substituents is 1. The number of carboxylic acids is 1. The lowest BCUT2D eigenvalue weighted by Crippen LogP contribution is -2.70. The SMILES string of the molecule is CN(C)[C@H]1C(=O)C(C(N)=O)=C(O)[C@]2(O)C(=O)C3=C(O)c4c(O)cccc4/C(=C\c4ccc(C(=O)O)cc4)[C@@H]3[C@@H](O)[C@H]12. The van der Waals surface area contributed by atoms with Crippen LogP contribution in [0.15, 0.2) is 59.4 Å². The normalized spacial score (nSPS) is 28.5. The number of hydrogen-bond acceptors (Lipinski definition) is 10. The van der Waals surface area contributed by atoms with Gasteiger partial charge in [-0.3, -0.25) is 19.3 Å². The second-order valence-electron chi connectivity index (χ2n) is 10.4. The van der Waals surface area contributed by atoms with Crippen molar-refractivity contribution in [3.05, 3.63) is 81.6 Å². The summed E-state index contributed by atoms with van der Waals surface area (Å²) in [4.78, 5) is 52.2. The van der Waals surface area contributed by atoms with E-state index >= 15 is 0 Å². The molecule has 0 bridgehead atoms. The summed E-state index contributed by atoms with van der Waals surface area (Å²) in [6.45, 7) is 0. The molecule has 3 aliphatic carbocycles. The zero-order chi connectivity index (χ0) is 30.1. The summed E-state index contributed by atoms with van der Waals surface area (Å²) < 4.78 is 0. The van der Waals surface area contributed by atoms with E-state index in [9.17, 15) is 49.8 Å². The van der Waals surface area contributed by atoms with Gasteiger partial charge in [-0.15, -0.1) is 0 Å². The first-order chi connectivity index (χ1) is 19.2. The van der Waals surface area contributed by atoms with Gasteiger partial charge in [-0.2, -0.15) is 0 Å². The molecule has 12 heteroatoms. The van der Waals surface area contributed by atoms with Crippen LogP contribution >= 0.6 is 0 Å². The lowest BCUT2D eigenvalue weighted by atomic mass is 9.55. The fourth-order valence-electron chi connectivity index (χ4n) is 6.21. The number of rotatable bonds is 4. The molecule has 1 fully saturated rings. The number of ketones is 2. The van der Waals surface area contributed by atoms with E-state index in [2.05, 4.69) is 0 Å². The summed E-state index contributed by atoms with van der Waals surface area (Å²) >= 11 is 0. The molecule has 5 rings (SSSR count). The summed E-state index contributed by atoms with van der Waals surface area (Å²) in [5, 5.41) is 65.9. The summed E-state index contributed by atoms with van der Waals surface area (Å²) in [6.07, 6.45) is -0.301. The number of primary amides is 1. The molecule has 0 aliphatic heterocycles. The number of nitrogens with zero attached hydrogens (tertiary/aromatic N) is 1. The van der Waals surface area contributed by atoms with Crippen molar-refractivity contribution in [2.24, 2.45) is 17.6 Å². The highest BCUT2D eigenvalue weighted by molar-refractivity contribution is 6.25. The average molecular weight is 563 g/mol. The number of hydrogen-bond donors (Lipinski definition) is 7. The van der Waals surface area contributed by atoms with Gasteiger partial charge < -0.3 is 36.4 Å². The number of amides is 1. The van der Waals surface area contributed by atoms with E-state index in [1.807, 2.05) is 0 Å². The number of Topliss-reactive ketones (excluding diaryl/α,β-unsaturated/α-hetero) is 2. The Morgan fingerprint density at radius 3 is 2.22 bits per heavy atom. The maximum atomic E-state index is 14.1. The van der Waals surface area contributed by atoms with Crippen LogP contribution in [0.1, 0.15) is 27.0 Å². The van der Waals surface area contributed by atoms with Gasteiger partial charge in [0.2, 0.25) is 5.78 Å². The van der Waals surface area contributed by atoms with E-state index in [4.69, 9.17) is 5.73 Å². The summed E-state index contributed by atoms with van der Waals surface area (Å²) in [5.74, 6) is -10.5. The van der Waals surface area contributed by atoms with Gasteiger partial charge in [0.15, 0.2) is 11.4 Å². The van der Waals surface area contributed by atoms with E-state index in [0.717, 1.165) is 0 Å². The topological polar surface area (TPSA) is 219 Å². The number of aliphatic hydroxyl groups excluding tert-OH is 3. The molecule has 0 radical (unpaired) electrons. The van der Waals surface area contributed by atoms with Crippen LogP contribution in [0, 0.1) is 11.8 Å². The zero-order valence-electron chi connectivity index (χ0n) is 21.8. The number of carbonyl (C=O) groups is 4. The first-order valence-corrected chi connectivity index (χ1v) is 12.4. The van der Waals surface area contributed by atoms with E-state index in [-0.39, 0.29) is 22.3 Å². The molecule has 0 aromatic heterocycles. The Labute approximate surface area is 232 Å².